The number of carbonyl (C=O) groups excluding carboxylic acids is 1. The number of halogens is 3. The maximum absolute atomic E-state index is 11.2. The third-order valence-corrected chi connectivity index (χ3v) is 7.17. The second-order valence-corrected chi connectivity index (χ2v) is 9.65. The number of aryl methyl sites for hydroxylation is 2. The normalized spacial score (nSPS) is 16.8. The third kappa shape index (κ3) is 5.46. The van der Waals surface area contributed by atoms with Gasteiger partial charge in [-0.15, -0.1) is 0 Å². The van der Waals surface area contributed by atoms with Crippen LogP contribution in [0.1, 0.15) is 36.5 Å². The highest BCUT2D eigenvalue weighted by atomic mass is 35.5. The molecule has 0 radical (unpaired) electrons. The van der Waals surface area contributed by atoms with Crippen LogP contribution in [0.4, 0.5) is 0 Å². The molecule has 0 spiro atoms. The van der Waals surface area contributed by atoms with E-state index >= 15 is 0 Å². The van der Waals surface area contributed by atoms with Crippen LogP contribution in [-0.4, -0.2) is 36.4 Å². The third-order valence-electron chi connectivity index (χ3n) is 6.27. The Morgan fingerprint density at radius 1 is 1.13 bits per heavy atom. The van der Waals surface area contributed by atoms with Crippen LogP contribution in [-0.2, 0) is 17.6 Å². The van der Waals surface area contributed by atoms with Gasteiger partial charge in [-0.05, 0) is 90.7 Å². The first-order valence-corrected chi connectivity index (χ1v) is 11.8. The number of rotatable bonds is 8. The van der Waals surface area contributed by atoms with Crippen LogP contribution in [0.3, 0.4) is 0 Å². The minimum atomic E-state index is -0.209. The van der Waals surface area contributed by atoms with Gasteiger partial charge in [-0.2, -0.15) is 0 Å². The van der Waals surface area contributed by atoms with E-state index in [9.17, 15) is 4.79 Å². The second-order valence-electron chi connectivity index (χ2n) is 8.43. The maximum atomic E-state index is 11.2. The van der Waals surface area contributed by atoms with Crippen LogP contribution in [0.2, 0.25) is 10.0 Å². The van der Waals surface area contributed by atoms with Gasteiger partial charge in [-0.3, -0.25) is 9.69 Å². The first-order chi connectivity index (χ1) is 14.9. The average molecular weight is 479 g/mol. The summed E-state index contributed by atoms with van der Waals surface area (Å²) in [5, 5.41) is 1.16. The van der Waals surface area contributed by atoms with E-state index in [2.05, 4.69) is 30.0 Å². The molecule has 0 bridgehead atoms. The Balaban J connectivity index is 1.31. The summed E-state index contributed by atoms with van der Waals surface area (Å²) in [4.78, 5) is 13.5. The van der Waals surface area contributed by atoms with Gasteiger partial charge < -0.3 is 4.74 Å². The van der Waals surface area contributed by atoms with Gasteiger partial charge in [0.05, 0.1) is 12.5 Å². The zero-order chi connectivity index (χ0) is 22.0. The predicted octanol–water partition coefficient (Wildman–Crippen LogP) is 6.42. The smallest absolute Gasteiger partial charge is 0.227 e. The van der Waals surface area contributed by atoms with Gasteiger partial charge in [0.25, 0.3) is 0 Å². The van der Waals surface area contributed by atoms with Crippen molar-refractivity contribution in [1.82, 2.24) is 4.90 Å². The van der Waals surface area contributed by atoms with Gasteiger partial charge in [0.15, 0.2) is 0 Å². The summed E-state index contributed by atoms with van der Waals surface area (Å²) in [5.41, 5.74) is 6.56. The van der Waals surface area contributed by atoms with E-state index < -0.39 is 0 Å². The number of ether oxygens (including phenoxy) is 1. The second kappa shape index (κ2) is 9.95. The van der Waals surface area contributed by atoms with E-state index in [0.717, 1.165) is 56.6 Å². The molecule has 1 aliphatic carbocycles. The molecule has 2 aromatic carbocycles. The van der Waals surface area contributed by atoms with Crippen molar-refractivity contribution in [3.8, 4) is 5.75 Å². The van der Waals surface area contributed by atoms with Crippen molar-refractivity contribution in [3.05, 3.63) is 68.7 Å². The van der Waals surface area contributed by atoms with Crippen molar-refractivity contribution in [2.75, 3.05) is 26.2 Å². The molecule has 164 valence electrons. The van der Waals surface area contributed by atoms with Crippen LogP contribution < -0.4 is 4.74 Å². The average Bonchev–Trinajstić information content (AvgIpc) is 2.70. The summed E-state index contributed by atoms with van der Waals surface area (Å²) in [6, 6.07) is 12.0. The number of nitrogens with zero attached hydrogens (tertiary/aromatic N) is 1. The van der Waals surface area contributed by atoms with Gasteiger partial charge in [0.2, 0.25) is 5.24 Å². The standard InChI is InChI=1S/C25H26Cl3NO2/c1-16-19(13-29-14-20(15-29)25(28)30)5-4-18-11-22(8-9-23(16)18)31-10-2-3-17-6-7-21(26)12-24(17)27/h6-9,11-12,20H,2-5,10,13-15H2,1H3. The minimum absolute atomic E-state index is 0.00822. The molecule has 2 aromatic rings. The summed E-state index contributed by atoms with van der Waals surface area (Å²) in [7, 11) is 0. The lowest BCUT2D eigenvalue weighted by molar-refractivity contribution is -0.119. The molecule has 2 aliphatic rings. The van der Waals surface area contributed by atoms with E-state index in [1.165, 1.54) is 22.3 Å². The fraction of sp³-hybridized carbons (Fsp3) is 0.400. The first kappa shape index (κ1) is 22.7. The van der Waals surface area contributed by atoms with Gasteiger partial charge in [-0.1, -0.05) is 40.9 Å². The first-order valence-electron chi connectivity index (χ1n) is 10.7. The molecule has 6 heteroatoms. The maximum Gasteiger partial charge on any atom is 0.227 e. The van der Waals surface area contributed by atoms with Crippen molar-refractivity contribution in [3.63, 3.8) is 0 Å². The lowest BCUT2D eigenvalue weighted by Gasteiger charge is -2.38. The zero-order valence-corrected chi connectivity index (χ0v) is 19.9. The highest BCUT2D eigenvalue weighted by Gasteiger charge is 2.32. The Bertz CT molecular complexity index is 1010. The Morgan fingerprint density at radius 3 is 2.68 bits per heavy atom. The molecule has 31 heavy (non-hydrogen) atoms. The predicted molar refractivity (Wildman–Crippen MR) is 128 cm³/mol. The van der Waals surface area contributed by atoms with Crippen molar-refractivity contribution in [2.24, 2.45) is 5.92 Å². The molecule has 0 unspecified atom stereocenters. The molecule has 1 aliphatic heterocycles. The lowest BCUT2D eigenvalue weighted by atomic mass is 9.85. The van der Waals surface area contributed by atoms with Crippen LogP contribution in [0.15, 0.2) is 42.0 Å². The topological polar surface area (TPSA) is 29.5 Å². The number of fused-ring (bicyclic) bond motifs is 1. The molecule has 4 rings (SSSR count). The molecule has 0 amide bonds. The summed E-state index contributed by atoms with van der Waals surface area (Å²) < 4.78 is 6.01. The summed E-state index contributed by atoms with van der Waals surface area (Å²) in [5.74, 6) is 0.928. The van der Waals surface area contributed by atoms with Crippen molar-refractivity contribution >= 4 is 45.6 Å². The quantitative estimate of drug-likeness (QED) is 0.324. The Hall–Kier alpha value is -1.52. The van der Waals surface area contributed by atoms with E-state index in [-0.39, 0.29) is 11.2 Å². The fourth-order valence-electron chi connectivity index (χ4n) is 4.38. The van der Waals surface area contributed by atoms with Gasteiger partial charge in [0, 0.05) is 29.7 Å². The number of hydrogen-bond acceptors (Lipinski definition) is 3. The Morgan fingerprint density at radius 2 is 1.94 bits per heavy atom. The molecule has 0 atom stereocenters. The highest BCUT2D eigenvalue weighted by molar-refractivity contribution is 6.64. The van der Waals surface area contributed by atoms with Crippen LogP contribution in [0.25, 0.3) is 5.57 Å². The molecule has 3 nitrogen and oxygen atoms in total. The molecular weight excluding hydrogens is 453 g/mol. The largest absolute Gasteiger partial charge is 0.494 e. The number of hydrogen-bond donors (Lipinski definition) is 0. The molecule has 0 saturated carbocycles. The number of likely N-dealkylation sites (tertiary alicyclic amines) is 1. The Kier molecular flexibility index (Phi) is 7.28. The van der Waals surface area contributed by atoms with Gasteiger partial charge in [0.1, 0.15) is 5.75 Å². The molecule has 0 N–H and O–H groups in total. The fourth-order valence-corrected chi connectivity index (χ4v) is 5.02. The summed E-state index contributed by atoms with van der Waals surface area (Å²) in [6.07, 6.45) is 3.82. The van der Waals surface area contributed by atoms with Crippen LogP contribution in [0.5, 0.6) is 5.75 Å². The summed E-state index contributed by atoms with van der Waals surface area (Å²) >= 11 is 17.8. The number of allylic oxidation sites excluding steroid dienone is 1. The zero-order valence-electron chi connectivity index (χ0n) is 17.6. The highest BCUT2D eigenvalue weighted by Crippen LogP contribution is 2.34. The number of benzene rings is 2. The molecule has 1 saturated heterocycles. The van der Waals surface area contributed by atoms with Crippen LogP contribution >= 0.6 is 34.8 Å². The van der Waals surface area contributed by atoms with Crippen molar-refractivity contribution in [2.45, 2.75) is 32.6 Å². The van der Waals surface area contributed by atoms with Crippen molar-refractivity contribution in [1.29, 1.82) is 0 Å². The van der Waals surface area contributed by atoms with E-state index in [4.69, 9.17) is 39.5 Å². The number of carbonyl (C=O) groups is 1. The lowest BCUT2D eigenvalue weighted by Crippen LogP contribution is -2.49. The SMILES string of the molecule is CC1=C(CN2CC(C(=O)Cl)C2)CCc2cc(OCCCc3ccc(Cl)cc3Cl)ccc21. The molecule has 1 fully saturated rings. The van der Waals surface area contributed by atoms with Crippen molar-refractivity contribution < 1.29 is 9.53 Å². The van der Waals surface area contributed by atoms with E-state index in [1.807, 2.05) is 12.1 Å². The van der Waals surface area contributed by atoms with Gasteiger partial charge in [-0.25, -0.2) is 0 Å². The van der Waals surface area contributed by atoms with Gasteiger partial charge >= 0.3 is 0 Å². The van der Waals surface area contributed by atoms with Crippen LogP contribution in [0, 0.1) is 5.92 Å². The molecule has 1 heterocycles. The van der Waals surface area contributed by atoms with E-state index in [1.54, 1.807) is 6.07 Å². The molecule has 0 aromatic heterocycles. The molecular formula is C25H26Cl3NO2. The van der Waals surface area contributed by atoms with E-state index in [0.29, 0.717) is 16.7 Å². The minimum Gasteiger partial charge on any atom is -0.494 e. The summed E-state index contributed by atoms with van der Waals surface area (Å²) in [6.45, 7) is 5.33. The Labute approximate surface area is 198 Å². The monoisotopic (exact) mass is 477 g/mol.